The van der Waals surface area contributed by atoms with Gasteiger partial charge in [-0.15, -0.1) is 0 Å². The number of aliphatic hydroxyl groups excluding tert-OH is 1. The second-order valence-corrected chi connectivity index (χ2v) is 10.2. The summed E-state index contributed by atoms with van der Waals surface area (Å²) in [6, 6.07) is 0.926. The fraction of sp³-hybridized carbons (Fsp3) is 0.778. The van der Waals surface area contributed by atoms with Gasteiger partial charge in [-0.05, 0) is 46.0 Å². The lowest BCUT2D eigenvalue weighted by Gasteiger charge is -2.26. The molecule has 1 aliphatic heterocycles. The monoisotopic (exact) mass is 432 g/mol. The number of ether oxygens (including phenoxy) is 2. The fourth-order valence-electron chi connectivity index (χ4n) is 4.28. The number of aromatic amines is 1. The summed E-state index contributed by atoms with van der Waals surface area (Å²) in [5, 5.41) is 9.71. The minimum absolute atomic E-state index is 0.108. The van der Waals surface area contributed by atoms with Crippen molar-refractivity contribution in [1.82, 2.24) is 9.55 Å². The van der Waals surface area contributed by atoms with Gasteiger partial charge in [0.25, 0.3) is 5.56 Å². The van der Waals surface area contributed by atoms with Gasteiger partial charge in [-0.25, -0.2) is 4.79 Å². The van der Waals surface area contributed by atoms with E-state index in [4.69, 9.17) is 14.0 Å². The summed E-state index contributed by atoms with van der Waals surface area (Å²) in [5.41, 5.74) is -0.998. The molecule has 1 aliphatic carbocycles. The van der Waals surface area contributed by atoms with Crippen LogP contribution in [0.1, 0.15) is 53.0 Å². The molecule has 10 nitrogen and oxygen atoms in total. The summed E-state index contributed by atoms with van der Waals surface area (Å²) >= 11 is 0. The lowest BCUT2D eigenvalue weighted by Crippen LogP contribution is -2.36. The Morgan fingerprint density at radius 3 is 2.66 bits per heavy atom. The Bertz CT molecular complexity index is 896. The zero-order valence-corrected chi connectivity index (χ0v) is 17.9. The van der Waals surface area contributed by atoms with Gasteiger partial charge in [0.15, 0.2) is 11.6 Å². The SMILES string of the molecule is CCC(O)P(=O)(O)OC(C)C[C@H]1C[C@@H](n2ccc(=O)[nH]c2=O)[C@@H]2OC(C)(C)O[C@H]12. The molecule has 3 unspecified atom stereocenters. The van der Waals surface area contributed by atoms with Gasteiger partial charge in [0.05, 0.1) is 18.2 Å². The molecule has 0 aromatic carbocycles. The highest BCUT2D eigenvalue weighted by Gasteiger charge is 2.55. The summed E-state index contributed by atoms with van der Waals surface area (Å²) in [5.74, 6) is -2.38. The van der Waals surface area contributed by atoms with Gasteiger partial charge >= 0.3 is 13.3 Å². The fourth-order valence-corrected chi connectivity index (χ4v) is 5.48. The molecule has 3 N–H and O–H groups in total. The number of nitrogens with one attached hydrogen (secondary N) is 1. The first-order valence-electron chi connectivity index (χ1n) is 9.79. The van der Waals surface area contributed by atoms with Crippen molar-refractivity contribution in [3.05, 3.63) is 33.1 Å². The van der Waals surface area contributed by atoms with Crippen LogP contribution in [0.25, 0.3) is 0 Å². The summed E-state index contributed by atoms with van der Waals surface area (Å²) in [6.45, 7) is 6.84. The van der Waals surface area contributed by atoms with Crippen LogP contribution in [-0.2, 0) is 18.6 Å². The van der Waals surface area contributed by atoms with Crippen LogP contribution in [0.3, 0.4) is 0 Å². The van der Waals surface area contributed by atoms with Crippen LogP contribution in [0.15, 0.2) is 21.9 Å². The van der Waals surface area contributed by atoms with Crippen LogP contribution in [0.2, 0.25) is 0 Å². The van der Waals surface area contributed by atoms with E-state index in [1.807, 2.05) is 0 Å². The quantitative estimate of drug-likeness (QED) is 0.548. The van der Waals surface area contributed by atoms with Crippen molar-refractivity contribution in [2.75, 3.05) is 0 Å². The van der Waals surface area contributed by atoms with Crippen LogP contribution < -0.4 is 11.2 Å². The average molecular weight is 432 g/mol. The highest BCUT2D eigenvalue weighted by atomic mass is 31.2. The molecule has 0 radical (unpaired) electrons. The number of H-pyrrole nitrogens is 1. The van der Waals surface area contributed by atoms with E-state index in [0.717, 1.165) is 0 Å². The highest BCUT2D eigenvalue weighted by molar-refractivity contribution is 7.53. The van der Waals surface area contributed by atoms with Gasteiger partial charge in [0.1, 0.15) is 6.10 Å². The molecule has 11 heteroatoms. The number of aromatic nitrogens is 2. The molecule has 2 heterocycles. The van der Waals surface area contributed by atoms with Crippen molar-refractivity contribution in [2.45, 2.75) is 82.9 Å². The molecule has 0 spiro atoms. The molecule has 164 valence electrons. The molecule has 1 aromatic heterocycles. The Hall–Kier alpha value is -1.29. The molecule has 1 saturated heterocycles. The van der Waals surface area contributed by atoms with Crippen molar-refractivity contribution in [2.24, 2.45) is 5.92 Å². The third kappa shape index (κ3) is 4.73. The van der Waals surface area contributed by atoms with Crippen LogP contribution in [0.5, 0.6) is 0 Å². The highest BCUT2D eigenvalue weighted by Crippen LogP contribution is 2.52. The zero-order valence-electron chi connectivity index (χ0n) is 17.0. The van der Waals surface area contributed by atoms with Crippen molar-refractivity contribution < 1.29 is 28.6 Å². The van der Waals surface area contributed by atoms with Crippen LogP contribution in [0, 0.1) is 5.92 Å². The Balaban J connectivity index is 1.80. The zero-order chi connectivity index (χ0) is 21.6. The Kier molecular flexibility index (Phi) is 6.25. The first kappa shape index (κ1) is 22.4. The van der Waals surface area contributed by atoms with Gasteiger partial charge in [-0.3, -0.25) is 18.9 Å². The predicted molar refractivity (Wildman–Crippen MR) is 104 cm³/mol. The minimum Gasteiger partial charge on any atom is -0.380 e. The number of fused-ring (bicyclic) bond motifs is 1. The van der Waals surface area contributed by atoms with Gasteiger partial charge < -0.3 is 24.0 Å². The summed E-state index contributed by atoms with van der Waals surface area (Å²) in [4.78, 5) is 35.9. The molecule has 2 fully saturated rings. The van der Waals surface area contributed by atoms with E-state index in [1.54, 1.807) is 27.7 Å². The molecule has 7 atom stereocenters. The number of hydrogen-bond acceptors (Lipinski definition) is 7. The van der Waals surface area contributed by atoms with E-state index in [9.17, 15) is 24.2 Å². The number of aliphatic hydroxyl groups is 1. The van der Waals surface area contributed by atoms with Gasteiger partial charge in [-0.2, -0.15) is 0 Å². The summed E-state index contributed by atoms with van der Waals surface area (Å²) in [7, 11) is -4.15. The Morgan fingerprint density at radius 2 is 2.03 bits per heavy atom. The van der Waals surface area contributed by atoms with E-state index in [1.165, 1.54) is 16.8 Å². The average Bonchev–Trinajstić information content (AvgIpc) is 3.07. The smallest absolute Gasteiger partial charge is 0.356 e. The molecule has 1 aromatic rings. The second-order valence-electron chi connectivity index (χ2n) is 8.25. The molecule has 0 bridgehead atoms. The van der Waals surface area contributed by atoms with E-state index >= 15 is 0 Å². The number of hydrogen-bond donors (Lipinski definition) is 3. The van der Waals surface area contributed by atoms with Crippen LogP contribution in [0.4, 0.5) is 0 Å². The topological polar surface area (TPSA) is 140 Å². The van der Waals surface area contributed by atoms with Gasteiger partial charge in [0, 0.05) is 12.3 Å². The molecule has 3 rings (SSSR count). The molecular formula is C18H29N2O8P. The molecule has 29 heavy (non-hydrogen) atoms. The first-order valence-corrected chi connectivity index (χ1v) is 11.4. The lowest BCUT2D eigenvalue weighted by molar-refractivity contribution is -0.161. The first-order chi connectivity index (χ1) is 13.4. The number of rotatable bonds is 7. The molecular weight excluding hydrogens is 403 g/mol. The van der Waals surface area contributed by atoms with Crippen molar-refractivity contribution in [3.8, 4) is 0 Å². The van der Waals surface area contributed by atoms with Crippen LogP contribution >= 0.6 is 7.60 Å². The summed E-state index contributed by atoms with van der Waals surface area (Å²) < 4.78 is 31.0. The molecule has 0 amide bonds. The van der Waals surface area contributed by atoms with E-state index in [-0.39, 0.29) is 24.5 Å². The van der Waals surface area contributed by atoms with Crippen LogP contribution in [-0.4, -0.2) is 49.5 Å². The standard InChI is InChI=1S/C18H29N2O8P/c1-5-14(22)29(24,25)28-10(2)8-11-9-12(16-15(11)26-18(3,4)27-16)20-7-6-13(21)19-17(20)23/h6-7,10-12,14-16,22H,5,8-9H2,1-4H3,(H,24,25)(H,19,21,23)/t10?,11-,12+,14?,15+,16-/m0/s1. The van der Waals surface area contributed by atoms with Gasteiger partial charge in [-0.1, -0.05) is 6.92 Å². The van der Waals surface area contributed by atoms with E-state index in [0.29, 0.717) is 12.8 Å². The maximum absolute atomic E-state index is 12.3. The van der Waals surface area contributed by atoms with Crippen molar-refractivity contribution >= 4 is 7.60 Å². The van der Waals surface area contributed by atoms with E-state index < -0.39 is 42.7 Å². The maximum Gasteiger partial charge on any atom is 0.356 e. The maximum atomic E-state index is 12.3. The largest absolute Gasteiger partial charge is 0.380 e. The third-order valence-corrected chi connectivity index (χ3v) is 7.25. The van der Waals surface area contributed by atoms with Crippen molar-refractivity contribution in [3.63, 3.8) is 0 Å². The third-order valence-electron chi connectivity index (χ3n) is 5.47. The molecule has 1 saturated carbocycles. The lowest BCUT2D eigenvalue weighted by atomic mass is 9.98. The summed E-state index contributed by atoms with van der Waals surface area (Å²) in [6.07, 6.45) is 1.09. The number of nitrogens with zero attached hydrogens (tertiary/aromatic N) is 1. The Labute approximate surface area is 168 Å². The minimum atomic E-state index is -4.15. The Morgan fingerprint density at radius 1 is 1.38 bits per heavy atom. The van der Waals surface area contributed by atoms with Gasteiger partial charge in [0.2, 0.25) is 0 Å². The second kappa shape index (κ2) is 8.09. The normalized spacial score (nSPS) is 32.5. The predicted octanol–water partition coefficient (Wildman–Crippen LogP) is 1.33. The van der Waals surface area contributed by atoms with Crippen molar-refractivity contribution in [1.29, 1.82) is 0 Å². The van der Waals surface area contributed by atoms with E-state index in [2.05, 4.69) is 4.98 Å². The molecule has 2 aliphatic rings.